The highest BCUT2D eigenvalue weighted by Crippen LogP contribution is 2.27. The van der Waals surface area contributed by atoms with E-state index < -0.39 is 0 Å². The summed E-state index contributed by atoms with van der Waals surface area (Å²) in [6.45, 7) is 5.60. The second-order valence-electron chi connectivity index (χ2n) is 4.87. The summed E-state index contributed by atoms with van der Waals surface area (Å²) in [5.41, 5.74) is 0.630. The van der Waals surface area contributed by atoms with Gasteiger partial charge in [-0.3, -0.25) is 0 Å². The lowest BCUT2D eigenvalue weighted by Gasteiger charge is -2.38. The highest BCUT2D eigenvalue weighted by atomic mass is 15.2. The number of nitrogens with zero attached hydrogens (tertiary/aromatic N) is 3. The average Bonchev–Trinajstić information content (AvgIpc) is 2.39. The van der Waals surface area contributed by atoms with Crippen molar-refractivity contribution in [2.24, 2.45) is 5.92 Å². The maximum atomic E-state index is 8.77. The van der Waals surface area contributed by atoms with E-state index in [1.54, 1.807) is 6.20 Å². The second-order valence-corrected chi connectivity index (χ2v) is 4.87. The lowest BCUT2D eigenvalue weighted by molar-refractivity contribution is 0.357. The van der Waals surface area contributed by atoms with Gasteiger partial charge in [-0.15, -0.1) is 0 Å². The Morgan fingerprint density at radius 2 is 2.29 bits per heavy atom. The first kappa shape index (κ1) is 11.9. The molecule has 0 saturated carbocycles. The van der Waals surface area contributed by atoms with E-state index >= 15 is 0 Å². The molecule has 0 bridgehead atoms. The van der Waals surface area contributed by atoms with Gasteiger partial charge in [-0.2, -0.15) is 5.26 Å². The van der Waals surface area contributed by atoms with Crippen LogP contribution in [0.3, 0.4) is 0 Å². The largest absolute Gasteiger partial charge is 0.354 e. The zero-order valence-electron chi connectivity index (χ0n) is 10.6. The van der Waals surface area contributed by atoms with Gasteiger partial charge in [0.15, 0.2) is 0 Å². The van der Waals surface area contributed by atoms with Crippen LogP contribution in [0.2, 0.25) is 0 Å². The molecule has 1 saturated heterocycles. The van der Waals surface area contributed by atoms with Crippen LogP contribution in [-0.4, -0.2) is 17.6 Å². The first-order valence-electron chi connectivity index (χ1n) is 6.37. The molecule has 3 nitrogen and oxygen atoms in total. The Hall–Kier alpha value is -1.56. The SMILES string of the molecule is CCC1CCC(C)N(c2ccc(C#N)cn2)C1. The molecule has 1 aliphatic rings. The van der Waals surface area contributed by atoms with Gasteiger partial charge in [0.1, 0.15) is 11.9 Å². The van der Waals surface area contributed by atoms with Crippen LogP contribution in [-0.2, 0) is 0 Å². The molecule has 90 valence electrons. The summed E-state index contributed by atoms with van der Waals surface area (Å²) in [5.74, 6) is 1.79. The smallest absolute Gasteiger partial charge is 0.128 e. The number of nitriles is 1. The van der Waals surface area contributed by atoms with E-state index in [-0.39, 0.29) is 0 Å². The van der Waals surface area contributed by atoms with Crippen LogP contribution < -0.4 is 4.90 Å². The Bertz CT molecular complexity index is 404. The van der Waals surface area contributed by atoms with Gasteiger partial charge in [-0.1, -0.05) is 13.3 Å². The van der Waals surface area contributed by atoms with Crippen molar-refractivity contribution >= 4 is 5.82 Å². The summed E-state index contributed by atoms with van der Waals surface area (Å²) in [5, 5.41) is 8.77. The van der Waals surface area contributed by atoms with Crippen molar-refractivity contribution in [1.82, 2.24) is 4.98 Å². The molecule has 1 aromatic heterocycles. The number of anilines is 1. The van der Waals surface area contributed by atoms with Crippen LogP contribution in [0.15, 0.2) is 18.3 Å². The molecule has 1 aliphatic heterocycles. The molecule has 2 heterocycles. The molecule has 1 aromatic rings. The summed E-state index contributed by atoms with van der Waals surface area (Å²) < 4.78 is 0. The van der Waals surface area contributed by atoms with Crippen LogP contribution in [0.4, 0.5) is 5.82 Å². The molecule has 2 unspecified atom stereocenters. The normalized spacial score (nSPS) is 24.4. The van der Waals surface area contributed by atoms with Crippen LogP contribution >= 0.6 is 0 Å². The fraction of sp³-hybridized carbons (Fsp3) is 0.571. The first-order valence-corrected chi connectivity index (χ1v) is 6.37. The van der Waals surface area contributed by atoms with Crippen molar-refractivity contribution < 1.29 is 0 Å². The number of rotatable bonds is 2. The van der Waals surface area contributed by atoms with Gasteiger partial charge in [-0.05, 0) is 37.8 Å². The Kier molecular flexibility index (Phi) is 3.63. The minimum absolute atomic E-state index is 0.554. The average molecular weight is 229 g/mol. The number of piperidine rings is 1. The topological polar surface area (TPSA) is 39.9 Å². The van der Waals surface area contributed by atoms with Gasteiger partial charge in [0.25, 0.3) is 0 Å². The lowest BCUT2D eigenvalue weighted by atomic mass is 9.91. The summed E-state index contributed by atoms with van der Waals surface area (Å²) in [6, 6.07) is 6.48. The predicted molar refractivity (Wildman–Crippen MR) is 68.8 cm³/mol. The van der Waals surface area contributed by atoms with Crippen molar-refractivity contribution in [2.45, 2.75) is 39.2 Å². The van der Waals surface area contributed by atoms with E-state index in [2.05, 4.69) is 29.8 Å². The van der Waals surface area contributed by atoms with Crippen molar-refractivity contribution in [3.8, 4) is 6.07 Å². The van der Waals surface area contributed by atoms with Crippen LogP contribution in [0.5, 0.6) is 0 Å². The van der Waals surface area contributed by atoms with Crippen molar-refractivity contribution in [3.05, 3.63) is 23.9 Å². The van der Waals surface area contributed by atoms with Gasteiger partial charge >= 0.3 is 0 Å². The number of aromatic nitrogens is 1. The third kappa shape index (κ3) is 2.58. The van der Waals surface area contributed by atoms with E-state index in [0.29, 0.717) is 11.6 Å². The molecular formula is C14H19N3. The van der Waals surface area contributed by atoms with Crippen LogP contribution in [0.25, 0.3) is 0 Å². The molecular weight excluding hydrogens is 210 g/mol. The minimum Gasteiger partial charge on any atom is -0.354 e. The zero-order chi connectivity index (χ0) is 12.3. The van der Waals surface area contributed by atoms with Gasteiger partial charge in [-0.25, -0.2) is 4.98 Å². The third-order valence-corrected chi connectivity index (χ3v) is 3.73. The van der Waals surface area contributed by atoms with E-state index in [1.807, 2.05) is 12.1 Å². The first-order chi connectivity index (χ1) is 8.24. The molecule has 0 aliphatic carbocycles. The van der Waals surface area contributed by atoms with E-state index in [1.165, 1.54) is 19.3 Å². The molecule has 0 radical (unpaired) electrons. The summed E-state index contributed by atoms with van der Waals surface area (Å²) >= 11 is 0. The van der Waals surface area contributed by atoms with Gasteiger partial charge in [0, 0.05) is 18.8 Å². The van der Waals surface area contributed by atoms with Gasteiger partial charge in [0.05, 0.1) is 5.56 Å². The maximum Gasteiger partial charge on any atom is 0.128 e. The second kappa shape index (κ2) is 5.18. The quantitative estimate of drug-likeness (QED) is 0.782. The van der Waals surface area contributed by atoms with Crippen molar-refractivity contribution in [1.29, 1.82) is 5.26 Å². The van der Waals surface area contributed by atoms with Crippen LogP contribution in [0, 0.1) is 17.2 Å². The summed E-state index contributed by atoms with van der Waals surface area (Å²) in [6.07, 6.45) is 5.46. The highest BCUT2D eigenvalue weighted by Gasteiger charge is 2.25. The molecule has 1 fully saturated rings. The lowest BCUT2D eigenvalue weighted by Crippen LogP contribution is -2.42. The molecule has 2 atom stereocenters. The van der Waals surface area contributed by atoms with Crippen molar-refractivity contribution in [2.75, 3.05) is 11.4 Å². The van der Waals surface area contributed by atoms with Crippen LogP contribution in [0.1, 0.15) is 38.7 Å². The molecule has 3 heteroatoms. The van der Waals surface area contributed by atoms with E-state index in [9.17, 15) is 0 Å². The Morgan fingerprint density at radius 1 is 1.47 bits per heavy atom. The standard InChI is InChI=1S/C14H19N3/c1-3-12-5-4-11(2)17(10-12)14-7-6-13(8-15)9-16-14/h6-7,9,11-12H,3-5,10H2,1-2H3. The highest BCUT2D eigenvalue weighted by molar-refractivity contribution is 5.43. The minimum atomic E-state index is 0.554. The van der Waals surface area contributed by atoms with Gasteiger partial charge in [0.2, 0.25) is 0 Å². The fourth-order valence-electron chi connectivity index (χ4n) is 2.46. The maximum absolute atomic E-state index is 8.77. The zero-order valence-corrected chi connectivity index (χ0v) is 10.6. The number of pyridine rings is 1. The summed E-state index contributed by atoms with van der Waals surface area (Å²) in [7, 11) is 0. The number of hydrogen-bond acceptors (Lipinski definition) is 3. The molecule has 0 spiro atoms. The molecule has 2 rings (SSSR count). The third-order valence-electron chi connectivity index (χ3n) is 3.73. The Morgan fingerprint density at radius 3 is 2.88 bits per heavy atom. The van der Waals surface area contributed by atoms with E-state index in [4.69, 9.17) is 5.26 Å². The van der Waals surface area contributed by atoms with E-state index in [0.717, 1.165) is 18.3 Å². The van der Waals surface area contributed by atoms with Gasteiger partial charge < -0.3 is 4.90 Å². The molecule has 17 heavy (non-hydrogen) atoms. The number of hydrogen-bond donors (Lipinski definition) is 0. The summed E-state index contributed by atoms with van der Waals surface area (Å²) in [4.78, 5) is 6.77. The molecule has 0 amide bonds. The molecule has 0 aromatic carbocycles. The fourth-order valence-corrected chi connectivity index (χ4v) is 2.46. The predicted octanol–water partition coefficient (Wildman–Crippen LogP) is 2.97. The Labute approximate surface area is 103 Å². The Balaban J connectivity index is 2.16. The molecule has 0 N–H and O–H groups in total. The van der Waals surface area contributed by atoms with Crippen molar-refractivity contribution in [3.63, 3.8) is 0 Å². The monoisotopic (exact) mass is 229 g/mol.